The van der Waals surface area contributed by atoms with E-state index in [1.54, 1.807) is 5.56 Å². The smallest absolute Gasteiger partial charge is 0.0942 e. The predicted octanol–water partition coefficient (Wildman–Crippen LogP) is 4.36. The van der Waals surface area contributed by atoms with Crippen LogP contribution in [0.25, 0.3) is 0 Å². The van der Waals surface area contributed by atoms with Gasteiger partial charge in [-0.2, -0.15) is 0 Å². The molecule has 2 heterocycles. The molecule has 1 nitrogen and oxygen atoms in total. The summed E-state index contributed by atoms with van der Waals surface area (Å²) in [6, 6.07) is 2.35. The maximum atomic E-state index is 6.10. The topological polar surface area (TPSA) is 9.23 Å². The Bertz CT molecular complexity index is 365. The van der Waals surface area contributed by atoms with Crippen molar-refractivity contribution < 1.29 is 4.74 Å². The molecule has 3 rings (SSSR count). The van der Waals surface area contributed by atoms with Crippen LogP contribution in [0.2, 0.25) is 0 Å². The van der Waals surface area contributed by atoms with Crippen LogP contribution in [0.4, 0.5) is 0 Å². The van der Waals surface area contributed by atoms with E-state index in [2.05, 4.69) is 25.3 Å². The summed E-state index contributed by atoms with van der Waals surface area (Å²) >= 11 is 1.89. The number of hydrogen-bond donors (Lipinski definition) is 0. The van der Waals surface area contributed by atoms with Crippen molar-refractivity contribution >= 4 is 11.3 Å². The molecule has 1 aromatic rings. The first-order valence-electron chi connectivity index (χ1n) is 6.46. The Hall–Kier alpha value is -0.340. The van der Waals surface area contributed by atoms with Gasteiger partial charge in [0.1, 0.15) is 0 Å². The lowest BCUT2D eigenvalue weighted by atomic mass is 9.72. The fraction of sp³-hybridized carbons (Fsp3) is 0.714. The van der Waals surface area contributed by atoms with Gasteiger partial charge in [-0.1, -0.05) is 20.3 Å². The number of thiophene rings is 1. The second-order valence-corrected chi connectivity index (χ2v) is 6.48. The van der Waals surface area contributed by atoms with Gasteiger partial charge in [-0.3, -0.25) is 0 Å². The fourth-order valence-electron chi connectivity index (χ4n) is 2.97. The van der Waals surface area contributed by atoms with Crippen LogP contribution in [0.1, 0.15) is 55.6 Å². The highest BCUT2D eigenvalue weighted by Crippen LogP contribution is 2.48. The van der Waals surface area contributed by atoms with Crippen molar-refractivity contribution in [2.75, 3.05) is 6.61 Å². The highest BCUT2D eigenvalue weighted by atomic mass is 32.1. The van der Waals surface area contributed by atoms with Crippen LogP contribution in [0.3, 0.4) is 0 Å². The molecule has 1 saturated carbocycles. The number of ether oxygens (including phenoxy) is 1. The molecule has 2 atom stereocenters. The highest BCUT2D eigenvalue weighted by molar-refractivity contribution is 7.10. The lowest BCUT2D eigenvalue weighted by molar-refractivity contribution is -0.0146. The van der Waals surface area contributed by atoms with Crippen LogP contribution in [0.15, 0.2) is 11.4 Å². The van der Waals surface area contributed by atoms with E-state index < -0.39 is 0 Å². The molecular formula is C14H20OS. The Balaban J connectivity index is 1.89. The van der Waals surface area contributed by atoms with Crippen molar-refractivity contribution in [3.8, 4) is 0 Å². The van der Waals surface area contributed by atoms with Crippen molar-refractivity contribution in [2.45, 2.75) is 45.1 Å². The number of hydrogen-bond acceptors (Lipinski definition) is 2. The van der Waals surface area contributed by atoms with E-state index in [-0.39, 0.29) is 0 Å². The standard InChI is InChI=1S/C14H20OS/c1-9(2)13-14-11(6-7-16-14)12(8-15-13)10-4-3-5-10/h6-7,9-10,12-13H,3-5,8H2,1-2H3. The Kier molecular flexibility index (Phi) is 2.80. The van der Waals surface area contributed by atoms with Gasteiger partial charge in [0.2, 0.25) is 0 Å². The third-order valence-corrected chi connectivity index (χ3v) is 5.16. The average molecular weight is 236 g/mol. The fourth-order valence-corrected chi connectivity index (χ4v) is 4.16. The molecule has 1 aromatic heterocycles. The second kappa shape index (κ2) is 4.15. The van der Waals surface area contributed by atoms with Crippen molar-refractivity contribution in [2.24, 2.45) is 11.8 Å². The maximum Gasteiger partial charge on any atom is 0.0942 e. The van der Waals surface area contributed by atoms with E-state index in [0.717, 1.165) is 12.5 Å². The van der Waals surface area contributed by atoms with Crippen LogP contribution >= 0.6 is 11.3 Å². The molecule has 0 saturated heterocycles. The molecule has 1 fully saturated rings. The molecule has 88 valence electrons. The minimum absolute atomic E-state index is 0.353. The highest BCUT2D eigenvalue weighted by Gasteiger charge is 2.36. The van der Waals surface area contributed by atoms with Crippen LogP contribution < -0.4 is 0 Å². The Morgan fingerprint density at radius 2 is 2.19 bits per heavy atom. The molecule has 16 heavy (non-hydrogen) atoms. The SMILES string of the molecule is CC(C)C1OCC(C2CCC2)c2ccsc21. The van der Waals surface area contributed by atoms with Crippen LogP contribution in [0.5, 0.6) is 0 Å². The van der Waals surface area contributed by atoms with Gasteiger partial charge in [0.05, 0.1) is 12.7 Å². The third-order valence-electron chi connectivity index (χ3n) is 4.16. The maximum absolute atomic E-state index is 6.10. The minimum atomic E-state index is 0.353. The molecule has 1 aliphatic carbocycles. The summed E-state index contributed by atoms with van der Waals surface area (Å²) in [4.78, 5) is 1.51. The number of fused-ring (bicyclic) bond motifs is 1. The monoisotopic (exact) mass is 236 g/mol. The minimum Gasteiger partial charge on any atom is -0.372 e. The zero-order chi connectivity index (χ0) is 11.1. The summed E-state index contributed by atoms with van der Waals surface area (Å²) in [6.07, 6.45) is 4.60. The van der Waals surface area contributed by atoms with Gasteiger partial charge in [0.25, 0.3) is 0 Å². The van der Waals surface area contributed by atoms with Crippen molar-refractivity contribution in [1.29, 1.82) is 0 Å². The Morgan fingerprint density at radius 1 is 1.38 bits per heavy atom. The normalized spacial score (nSPS) is 30.2. The zero-order valence-electron chi connectivity index (χ0n) is 10.1. The lowest BCUT2D eigenvalue weighted by Crippen LogP contribution is -2.30. The Morgan fingerprint density at radius 3 is 2.81 bits per heavy atom. The molecular weight excluding hydrogens is 216 g/mol. The predicted molar refractivity (Wildman–Crippen MR) is 67.9 cm³/mol. The first kappa shape index (κ1) is 10.8. The van der Waals surface area contributed by atoms with Crippen molar-refractivity contribution in [3.63, 3.8) is 0 Å². The summed E-state index contributed by atoms with van der Waals surface area (Å²) in [6.45, 7) is 5.48. The first-order valence-corrected chi connectivity index (χ1v) is 7.34. The first-order chi connectivity index (χ1) is 7.77. The largest absolute Gasteiger partial charge is 0.372 e. The van der Waals surface area contributed by atoms with E-state index in [4.69, 9.17) is 4.74 Å². The molecule has 2 aliphatic rings. The third kappa shape index (κ3) is 1.63. The van der Waals surface area contributed by atoms with Gasteiger partial charge in [-0.15, -0.1) is 11.3 Å². The van der Waals surface area contributed by atoms with E-state index in [1.165, 1.54) is 24.1 Å². The van der Waals surface area contributed by atoms with Crippen molar-refractivity contribution in [1.82, 2.24) is 0 Å². The summed E-state index contributed by atoms with van der Waals surface area (Å²) in [5.74, 6) is 2.20. The molecule has 2 heteroatoms. The van der Waals surface area contributed by atoms with E-state index in [0.29, 0.717) is 17.9 Å². The van der Waals surface area contributed by atoms with E-state index in [1.807, 2.05) is 11.3 Å². The molecule has 0 N–H and O–H groups in total. The molecule has 0 spiro atoms. The van der Waals surface area contributed by atoms with Gasteiger partial charge in [0, 0.05) is 10.8 Å². The van der Waals surface area contributed by atoms with Crippen molar-refractivity contribution in [3.05, 3.63) is 21.9 Å². The lowest BCUT2D eigenvalue weighted by Gasteiger charge is -2.39. The zero-order valence-corrected chi connectivity index (χ0v) is 10.9. The summed E-state index contributed by atoms with van der Waals surface area (Å²) in [5, 5.41) is 2.25. The van der Waals surface area contributed by atoms with Crippen LogP contribution in [-0.2, 0) is 4.74 Å². The molecule has 0 amide bonds. The molecule has 0 aromatic carbocycles. The average Bonchev–Trinajstić information content (AvgIpc) is 2.63. The number of rotatable bonds is 2. The summed E-state index contributed by atoms with van der Waals surface area (Å²) in [7, 11) is 0. The molecule has 1 aliphatic heterocycles. The van der Waals surface area contributed by atoms with Gasteiger partial charge in [-0.25, -0.2) is 0 Å². The summed E-state index contributed by atoms with van der Waals surface area (Å²) < 4.78 is 6.10. The van der Waals surface area contributed by atoms with E-state index in [9.17, 15) is 0 Å². The van der Waals surface area contributed by atoms with Gasteiger partial charge in [0.15, 0.2) is 0 Å². The quantitative estimate of drug-likeness (QED) is 0.741. The van der Waals surface area contributed by atoms with Gasteiger partial charge in [-0.05, 0) is 41.7 Å². The van der Waals surface area contributed by atoms with Gasteiger partial charge >= 0.3 is 0 Å². The van der Waals surface area contributed by atoms with Crippen LogP contribution in [0, 0.1) is 11.8 Å². The van der Waals surface area contributed by atoms with E-state index >= 15 is 0 Å². The molecule has 0 bridgehead atoms. The second-order valence-electron chi connectivity index (χ2n) is 5.54. The molecule has 0 radical (unpaired) electrons. The Labute approximate surface area is 102 Å². The molecule has 2 unspecified atom stereocenters. The van der Waals surface area contributed by atoms with Crippen LogP contribution in [-0.4, -0.2) is 6.61 Å². The summed E-state index contributed by atoms with van der Waals surface area (Å²) in [5.41, 5.74) is 1.61. The van der Waals surface area contributed by atoms with Gasteiger partial charge < -0.3 is 4.74 Å².